The van der Waals surface area contributed by atoms with Gasteiger partial charge in [-0.3, -0.25) is 0 Å². The topological polar surface area (TPSA) is 88.1 Å². The molecule has 0 aliphatic rings. The van der Waals surface area contributed by atoms with Gasteiger partial charge in [0.05, 0.1) is 36.8 Å². The number of rotatable bonds is 5. The number of aliphatic hydroxyl groups excluding tert-OH is 2. The minimum Gasteiger partial charge on any atom is -0.394 e. The summed E-state index contributed by atoms with van der Waals surface area (Å²) in [6.45, 7) is -0.0511. The number of benzene rings is 1. The molecule has 0 aliphatic heterocycles. The molecule has 0 fully saturated rings. The number of hydrogen-bond donors (Lipinski definition) is 3. The van der Waals surface area contributed by atoms with Crippen LogP contribution in [-0.2, 0) is 13.6 Å². The molecule has 4 rings (SSSR count). The van der Waals surface area contributed by atoms with E-state index in [2.05, 4.69) is 16.4 Å². The standard InChI is InChI=1S/C19H21N5O2/c1-20-18-16-17(23(2)11-21-16)14-8-15(12-6-4-3-5-7-12)24(19(14)22-18)9-13(26)10-25/h3-8,11,13,25-26H,9-10H2,1-2H3,(H,20,22). The molecular weight excluding hydrogens is 330 g/mol. The van der Waals surface area contributed by atoms with E-state index in [4.69, 9.17) is 4.98 Å². The van der Waals surface area contributed by atoms with Crippen LogP contribution in [-0.4, -0.2) is 49.1 Å². The van der Waals surface area contributed by atoms with Crippen LogP contribution in [0.15, 0.2) is 42.7 Å². The van der Waals surface area contributed by atoms with Crippen molar-refractivity contribution in [1.82, 2.24) is 19.1 Å². The van der Waals surface area contributed by atoms with E-state index >= 15 is 0 Å². The number of pyridine rings is 1. The van der Waals surface area contributed by atoms with Gasteiger partial charge in [0.15, 0.2) is 5.82 Å². The molecule has 0 spiro atoms. The zero-order valence-electron chi connectivity index (χ0n) is 14.7. The van der Waals surface area contributed by atoms with Crippen LogP contribution in [0.3, 0.4) is 0 Å². The normalized spacial score (nSPS) is 12.8. The Morgan fingerprint density at radius 2 is 2.00 bits per heavy atom. The van der Waals surface area contributed by atoms with Crippen LogP contribution < -0.4 is 5.32 Å². The Morgan fingerprint density at radius 1 is 1.23 bits per heavy atom. The summed E-state index contributed by atoms with van der Waals surface area (Å²) < 4.78 is 3.93. The van der Waals surface area contributed by atoms with Crippen LogP contribution in [0.5, 0.6) is 0 Å². The number of nitrogens with zero attached hydrogens (tertiary/aromatic N) is 4. The van der Waals surface area contributed by atoms with Gasteiger partial charge in [-0.2, -0.15) is 0 Å². The van der Waals surface area contributed by atoms with Crippen LogP contribution in [0.1, 0.15) is 0 Å². The average molecular weight is 351 g/mol. The fourth-order valence-electron chi connectivity index (χ4n) is 3.39. The number of imidazole rings is 1. The van der Waals surface area contributed by atoms with Crippen molar-refractivity contribution in [3.05, 3.63) is 42.7 Å². The molecule has 0 amide bonds. The Kier molecular flexibility index (Phi) is 4.10. The zero-order chi connectivity index (χ0) is 18.3. The summed E-state index contributed by atoms with van der Waals surface area (Å²) >= 11 is 0. The molecule has 0 aliphatic carbocycles. The third-order valence-corrected chi connectivity index (χ3v) is 4.61. The largest absolute Gasteiger partial charge is 0.394 e. The maximum absolute atomic E-state index is 10.1. The summed E-state index contributed by atoms with van der Waals surface area (Å²) in [5.74, 6) is 0.686. The van der Waals surface area contributed by atoms with Crippen molar-refractivity contribution in [2.24, 2.45) is 7.05 Å². The molecule has 3 heterocycles. The monoisotopic (exact) mass is 351 g/mol. The van der Waals surface area contributed by atoms with Gasteiger partial charge in [0.1, 0.15) is 11.2 Å². The van der Waals surface area contributed by atoms with Crippen molar-refractivity contribution < 1.29 is 10.2 Å². The highest BCUT2D eigenvalue weighted by molar-refractivity contribution is 6.07. The summed E-state index contributed by atoms with van der Waals surface area (Å²) in [7, 11) is 3.77. The minimum absolute atomic E-state index is 0.254. The third kappa shape index (κ3) is 2.53. The number of fused-ring (bicyclic) bond motifs is 3. The Morgan fingerprint density at radius 3 is 2.69 bits per heavy atom. The molecule has 1 atom stereocenters. The number of aryl methyl sites for hydroxylation is 1. The van der Waals surface area contributed by atoms with Crippen molar-refractivity contribution in [2.75, 3.05) is 19.0 Å². The molecule has 3 aromatic heterocycles. The second-order valence-corrected chi connectivity index (χ2v) is 6.34. The molecule has 4 aromatic rings. The highest BCUT2D eigenvalue weighted by Crippen LogP contribution is 2.34. The lowest BCUT2D eigenvalue weighted by atomic mass is 10.1. The molecule has 0 saturated heterocycles. The molecule has 0 radical (unpaired) electrons. The molecule has 7 nitrogen and oxygen atoms in total. The number of aromatic nitrogens is 4. The average Bonchev–Trinajstić information content (AvgIpc) is 3.23. The minimum atomic E-state index is -0.866. The van der Waals surface area contributed by atoms with Gasteiger partial charge in [-0.1, -0.05) is 30.3 Å². The van der Waals surface area contributed by atoms with E-state index in [-0.39, 0.29) is 13.2 Å². The highest BCUT2D eigenvalue weighted by atomic mass is 16.3. The molecular formula is C19H21N5O2. The molecule has 134 valence electrons. The van der Waals surface area contributed by atoms with Gasteiger partial charge < -0.3 is 24.7 Å². The summed E-state index contributed by atoms with van der Waals surface area (Å²) in [4.78, 5) is 9.22. The van der Waals surface area contributed by atoms with Crippen molar-refractivity contribution in [3.8, 4) is 11.3 Å². The highest BCUT2D eigenvalue weighted by Gasteiger charge is 2.20. The predicted octanol–water partition coefficient (Wildman–Crippen LogP) is 1.98. The fourth-order valence-corrected chi connectivity index (χ4v) is 3.39. The van der Waals surface area contributed by atoms with Crippen molar-refractivity contribution >= 4 is 27.9 Å². The van der Waals surface area contributed by atoms with E-state index in [0.29, 0.717) is 5.82 Å². The van der Waals surface area contributed by atoms with E-state index in [1.54, 1.807) is 6.33 Å². The van der Waals surface area contributed by atoms with Crippen molar-refractivity contribution in [3.63, 3.8) is 0 Å². The summed E-state index contributed by atoms with van der Waals surface area (Å²) in [6.07, 6.45) is 0.907. The van der Waals surface area contributed by atoms with Crippen LogP contribution >= 0.6 is 0 Å². The molecule has 3 N–H and O–H groups in total. The molecule has 7 heteroatoms. The number of hydrogen-bond acceptors (Lipinski definition) is 5. The lowest BCUT2D eigenvalue weighted by Crippen LogP contribution is -2.20. The van der Waals surface area contributed by atoms with Crippen LogP contribution in [0.2, 0.25) is 0 Å². The lowest BCUT2D eigenvalue weighted by molar-refractivity contribution is 0.0824. The molecule has 1 unspecified atom stereocenters. The Balaban J connectivity index is 2.08. The van der Waals surface area contributed by atoms with Gasteiger partial charge in [-0.25, -0.2) is 9.97 Å². The second kappa shape index (κ2) is 6.44. The number of anilines is 1. The predicted molar refractivity (Wildman–Crippen MR) is 102 cm³/mol. The van der Waals surface area contributed by atoms with Crippen molar-refractivity contribution in [1.29, 1.82) is 0 Å². The van der Waals surface area contributed by atoms with E-state index in [9.17, 15) is 10.2 Å². The van der Waals surface area contributed by atoms with Gasteiger partial charge in [0, 0.05) is 19.5 Å². The van der Waals surface area contributed by atoms with Gasteiger partial charge in [-0.15, -0.1) is 0 Å². The quantitative estimate of drug-likeness (QED) is 0.512. The van der Waals surface area contributed by atoms with Crippen LogP contribution in [0, 0.1) is 0 Å². The van der Waals surface area contributed by atoms with Gasteiger partial charge >= 0.3 is 0 Å². The second-order valence-electron chi connectivity index (χ2n) is 6.34. The maximum Gasteiger partial charge on any atom is 0.156 e. The Bertz CT molecular complexity index is 1070. The van der Waals surface area contributed by atoms with E-state index in [1.165, 1.54) is 0 Å². The fraction of sp³-hybridized carbons (Fsp3) is 0.263. The SMILES string of the molecule is CNc1nc2c(cc(-c3ccccc3)n2CC(O)CO)c2c1ncn2C. The molecule has 26 heavy (non-hydrogen) atoms. The molecule has 0 bridgehead atoms. The number of nitrogens with one attached hydrogen (secondary N) is 1. The third-order valence-electron chi connectivity index (χ3n) is 4.61. The first kappa shape index (κ1) is 16.6. The summed E-state index contributed by atoms with van der Waals surface area (Å²) in [5, 5.41) is 23.5. The zero-order valence-corrected chi connectivity index (χ0v) is 14.7. The van der Waals surface area contributed by atoms with Crippen LogP contribution in [0.25, 0.3) is 33.3 Å². The smallest absolute Gasteiger partial charge is 0.156 e. The Hall–Kier alpha value is -2.90. The van der Waals surface area contributed by atoms with Crippen LogP contribution in [0.4, 0.5) is 5.82 Å². The Labute approximate surface area is 150 Å². The summed E-state index contributed by atoms with van der Waals surface area (Å²) in [6, 6.07) is 12.0. The van der Waals surface area contributed by atoms with E-state index in [0.717, 1.165) is 33.3 Å². The number of aliphatic hydroxyl groups is 2. The van der Waals surface area contributed by atoms with E-state index in [1.807, 2.05) is 53.6 Å². The maximum atomic E-state index is 10.1. The van der Waals surface area contributed by atoms with Gasteiger partial charge in [0.25, 0.3) is 0 Å². The first-order valence-corrected chi connectivity index (χ1v) is 8.50. The summed E-state index contributed by atoms with van der Waals surface area (Å²) in [5.41, 5.74) is 4.50. The van der Waals surface area contributed by atoms with Crippen molar-refractivity contribution in [2.45, 2.75) is 12.6 Å². The molecule has 1 aromatic carbocycles. The van der Waals surface area contributed by atoms with Gasteiger partial charge in [0.2, 0.25) is 0 Å². The first-order chi connectivity index (χ1) is 12.6. The van der Waals surface area contributed by atoms with E-state index < -0.39 is 6.10 Å². The van der Waals surface area contributed by atoms with Gasteiger partial charge in [-0.05, 0) is 11.6 Å². The molecule has 0 saturated carbocycles. The first-order valence-electron chi connectivity index (χ1n) is 8.50. The lowest BCUT2D eigenvalue weighted by Gasteiger charge is -2.14.